The minimum atomic E-state index is 0.217. The summed E-state index contributed by atoms with van der Waals surface area (Å²) in [6.07, 6.45) is 0.976. The highest BCUT2D eigenvalue weighted by molar-refractivity contribution is 5.44. The highest BCUT2D eigenvalue weighted by Gasteiger charge is 2.29. The van der Waals surface area contributed by atoms with Gasteiger partial charge in [0.2, 0.25) is 0 Å². The molecule has 1 aliphatic heterocycles. The highest BCUT2D eigenvalue weighted by atomic mass is 16.5. The zero-order valence-corrected chi connectivity index (χ0v) is 15.6. The molecule has 24 heavy (non-hydrogen) atoms. The van der Waals surface area contributed by atoms with Crippen molar-refractivity contribution in [2.75, 3.05) is 46.4 Å². The van der Waals surface area contributed by atoms with Crippen molar-refractivity contribution in [1.82, 2.24) is 9.80 Å². The first-order valence-corrected chi connectivity index (χ1v) is 9.13. The summed E-state index contributed by atoms with van der Waals surface area (Å²) in [4.78, 5) is 5.02. The van der Waals surface area contributed by atoms with Crippen LogP contribution in [-0.4, -0.2) is 62.3 Å². The van der Waals surface area contributed by atoms with Gasteiger partial charge in [0.05, 0.1) is 13.7 Å². The van der Waals surface area contributed by atoms with Crippen molar-refractivity contribution < 1.29 is 9.47 Å². The highest BCUT2D eigenvalue weighted by Crippen LogP contribution is 2.33. The SMILES string of the molecule is CCCOc1cc(C(CN)N2CCN(CC)CC2C)ccc1OC. The van der Waals surface area contributed by atoms with Gasteiger partial charge in [-0.15, -0.1) is 0 Å². The fraction of sp³-hybridized carbons (Fsp3) is 0.684. The average Bonchev–Trinajstić information content (AvgIpc) is 2.61. The van der Waals surface area contributed by atoms with E-state index in [-0.39, 0.29) is 6.04 Å². The zero-order valence-electron chi connectivity index (χ0n) is 15.6. The molecule has 2 N–H and O–H groups in total. The van der Waals surface area contributed by atoms with Gasteiger partial charge in [-0.05, 0) is 37.6 Å². The van der Waals surface area contributed by atoms with Gasteiger partial charge in [-0.2, -0.15) is 0 Å². The normalized spacial score (nSPS) is 20.8. The Morgan fingerprint density at radius 2 is 2.04 bits per heavy atom. The largest absolute Gasteiger partial charge is 0.493 e. The second-order valence-corrected chi connectivity index (χ2v) is 6.49. The topological polar surface area (TPSA) is 51.0 Å². The third kappa shape index (κ3) is 4.41. The standard InChI is InChI=1S/C19H33N3O2/c1-5-11-24-19-12-16(7-8-18(19)23-4)17(13-20)22-10-9-21(6-2)14-15(22)3/h7-8,12,15,17H,5-6,9-11,13-14,20H2,1-4H3. The Morgan fingerprint density at radius 1 is 1.25 bits per heavy atom. The molecule has 0 spiro atoms. The second kappa shape index (κ2) is 9.25. The maximum Gasteiger partial charge on any atom is 0.161 e. The van der Waals surface area contributed by atoms with Crippen LogP contribution in [0.4, 0.5) is 0 Å². The van der Waals surface area contributed by atoms with E-state index in [1.807, 2.05) is 6.07 Å². The number of hydrogen-bond donors (Lipinski definition) is 1. The Hall–Kier alpha value is -1.30. The summed E-state index contributed by atoms with van der Waals surface area (Å²) in [5, 5.41) is 0. The van der Waals surface area contributed by atoms with Gasteiger partial charge >= 0.3 is 0 Å². The molecule has 0 aliphatic carbocycles. The van der Waals surface area contributed by atoms with Gasteiger partial charge in [-0.1, -0.05) is 19.9 Å². The van der Waals surface area contributed by atoms with E-state index < -0.39 is 0 Å². The Labute approximate surface area is 146 Å². The Morgan fingerprint density at radius 3 is 2.62 bits per heavy atom. The molecule has 1 heterocycles. The summed E-state index contributed by atoms with van der Waals surface area (Å²) in [5.41, 5.74) is 7.37. The molecule has 1 aromatic rings. The van der Waals surface area contributed by atoms with Crippen LogP contribution in [-0.2, 0) is 0 Å². The molecular weight excluding hydrogens is 302 g/mol. The molecular formula is C19H33N3O2. The number of nitrogens with zero attached hydrogens (tertiary/aromatic N) is 2. The number of methoxy groups -OCH3 is 1. The van der Waals surface area contributed by atoms with Gasteiger partial charge in [-0.3, -0.25) is 4.90 Å². The van der Waals surface area contributed by atoms with Crippen LogP contribution in [0.5, 0.6) is 11.5 Å². The maximum atomic E-state index is 6.16. The van der Waals surface area contributed by atoms with Crippen molar-refractivity contribution in [3.8, 4) is 11.5 Å². The molecule has 5 nitrogen and oxygen atoms in total. The lowest BCUT2D eigenvalue weighted by Crippen LogP contribution is -2.53. The lowest BCUT2D eigenvalue weighted by atomic mass is 10.0. The van der Waals surface area contributed by atoms with E-state index in [1.165, 1.54) is 5.56 Å². The average molecular weight is 335 g/mol. The van der Waals surface area contributed by atoms with E-state index in [1.54, 1.807) is 7.11 Å². The molecule has 0 aromatic heterocycles. The van der Waals surface area contributed by atoms with E-state index in [9.17, 15) is 0 Å². The van der Waals surface area contributed by atoms with Crippen molar-refractivity contribution >= 4 is 0 Å². The maximum absolute atomic E-state index is 6.16. The summed E-state index contributed by atoms with van der Waals surface area (Å²) < 4.78 is 11.3. The van der Waals surface area contributed by atoms with E-state index >= 15 is 0 Å². The number of hydrogen-bond acceptors (Lipinski definition) is 5. The molecule has 2 rings (SSSR count). The zero-order chi connectivity index (χ0) is 17.5. The summed E-state index contributed by atoms with van der Waals surface area (Å²) in [6, 6.07) is 6.93. The lowest BCUT2D eigenvalue weighted by molar-refractivity contribution is 0.0535. The predicted octanol–water partition coefficient (Wildman–Crippen LogP) is 2.51. The molecule has 1 aromatic carbocycles. The van der Waals surface area contributed by atoms with Crippen LogP contribution in [0.15, 0.2) is 18.2 Å². The van der Waals surface area contributed by atoms with Crippen LogP contribution in [0.25, 0.3) is 0 Å². The fourth-order valence-electron chi connectivity index (χ4n) is 3.49. The third-order valence-corrected chi connectivity index (χ3v) is 4.87. The van der Waals surface area contributed by atoms with Crippen LogP contribution >= 0.6 is 0 Å². The van der Waals surface area contributed by atoms with Crippen molar-refractivity contribution in [3.05, 3.63) is 23.8 Å². The first kappa shape index (κ1) is 19.0. The molecule has 0 bridgehead atoms. The molecule has 136 valence electrons. The second-order valence-electron chi connectivity index (χ2n) is 6.49. The molecule has 2 unspecified atom stereocenters. The van der Waals surface area contributed by atoms with E-state index in [2.05, 4.69) is 42.7 Å². The Kier molecular flexibility index (Phi) is 7.34. The molecule has 1 fully saturated rings. The number of ether oxygens (including phenoxy) is 2. The van der Waals surface area contributed by atoms with Crippen LogP contribution < -0.4 is 15.2 Å². The van der Waals surface area contributed by atoms with Gasteiger partial charge < -0.3 is 20.1 Å². The van der Waals surface area contributed by atoms with E-state index in [4.69, 9.17) is 15.2 Å². The molecule has 0 radical (unpaired) electrons. The van der Waals surface area contributed by atoms with Gasteiger partial charge in [-0.25, -0.2) is 0 Å². The molecule has 2 atom stereocenters. The van der Waals surface area contributed by atoms with Crippen LogP contribution in [0.3, 0.4) is 0 Å². The third-order valence-electron chi connectivity index (χ3n) is 4.87. The predicted molar refractivity (Wildman–Crippen MR) is 98.9 cm³/mol. The smallest absolute Gasteiger partial charge is 0.161 e. The van der Waals surface area contributed by atoms with Crippen molar-refractivity contribution in [1.29, 1.82) is 0 Å². The first-order chi connectivity index (χ1) is 11.6. The fourth-order valence-corrected chi connectivity index (χ4v) is 3.49. The number of rotatable bonds is 8. The van der Waals surface area contributed by atoms with Crippen LogP contribution in [0.1, 0.15) is 38.8 Å². The molecule has 0 saturated carbocycles. The number of piperazine rings is 1. The number of likely N-dealkylation sites (N-methyl/N-ethyl adjacent to an activating group) is 1. The van der Waals surface area contributed by atoms with Gasteiger partial charge in [0.25, 0.3) is 0 Å². The van der Waals surface area contributed by atoms with Crippen molar-refractivity contribution in [2.45, 2.75) is 39.3 Å². The van der Waals surface area contributed by atoms with Crippen molar-refractivity contribution in [2.24, 2.45) is 5.73 Å². The van der Waals surface area contributed by atoms with Crippen LogP contribution in [0.2, 0.25) is 0 Å². The molecule has 5 heteroatoms. The van der Waals surface area contributed by atoms with Gasteiger partial charge in [0.1, 0.15) is 0 Å². The minimum Gasteiger partial charge on any atom is -0.493 e. The summed E-state index contributed by atoms with van der Waals surface area (Å²) in [7, 11) is 1.68. The number of benzene rings is 1. The quantitative estimate of drug-likeness (QED) is 0.791. The molecule has 1 saturated heterocycles. The first-order valence-electron chi connectivity index (χ1n) is 9.13. The summed E-state index contributed by atoms with van der Waals surface area (Å²) >= 11 is 0. The van der Waals surface area contributed by atoms with Crippen LogP contribution in [0, 0.1) is 0 Å². The summed E-state index contributed by atoms with van der Waals surface area (Å²) in [5.74, 6) is 1.60. The molecule has 0 amide bonds. The van der Waals surface area contributed by atoms with E-state index in [0.717, 1.165) is 44.1 Å². The van der Waals surface area contributed by atoms with Gasteiger partial charge in [0.15, 0.2) is 11.5 Å². The van der Waals surface area contributed by atoms with Gasteiger partial charge in [0, 0.05) is 38.3 Å². The summed E-state index contributed by atoms with van der Waals surface area (Å²) in [6.45, 7) is 12.3. The lowest BCUT2D eigenvalue weighted by Gasteiger charge is -2.43. The number of nitrogens with two attached hydrogens (primary N) is 1. The Bertz CT molecular complexity index is 509. The van der Waals surface area contributed by atoms with Crippen molar-refractivity contribution in [3.63, 3.8) is 0 Å². The monoisotopic (exact) mass is 335 g/mol. The Balaban J connectivity index is 2.20. The minimum absolute atomic E-state index is 0.217. The van der Waals surface area contributed by atoms with E-state index in [0.29, 0.717) is 19.2 Å². The molecule has 1 aliphatic rings.